The summed E-state index contributed by atoms with van der Waals surface area (Å²) in [7, 11) is 0. The van der Waals surface area contributed by atoms with Crippen molar-refractivity contribution in [3.63, 3.8) is 0 Å². The topological polar surface area (TPSA) is 32.7 Å². The molecule has 134 valence electrons. The Kier molecular flexibility index (Phi) is 4.52. The fourth-order valence-electron chi connectivity index (χ4n) is 3.14. The second-order valence-corrected chi connectivity index (χ2v) is 8.58. The minimum atomic E-state index is -0.321. The number of aryl methyl sites for hydroxylation is 1. The predicted molar refractivity (Wildman–Crippen MR) is 100 cm³/mol. The van der Waals surface area contributed by atoms with Gasteiger partial charge in [-0.15, -0.1) is 11.8 Å². The maximum Gasteiger partial charge on any atom is 0.240 e. The smallest absolute Gasteiger partial charge is 0.240 e. The Morgan fingerprint density at radius 2 is 2.08 bits per heavy atom. The molecule has 2 aliphatic rings. The molecule has 3 nitrogen and oxygen atoms in total. The highest BCUT2D eigenvalue weighted by atomic mass is 32.2. The van der Waals surface area contributed by atoms with Crippen LogP contribution in [0.15, 0.2) is 51.3 Å². The van der Waals surface area contributed by atoms with E-state index in [4.69, 9.17) is 0 Å². The van der Waals surface area contributed by atoms with Crippen LogP contribution in [0.5, 0.6) is 0 Å². The number of benzene rings is 2. The molecule has 2 aromatic carbocycles. The third kappa shape index (κ3) is 3.03. The fourth-order valence-corrected chi connectivity index (χ4v) is 5.73. The van der Waals surface area contributed by atoms with Crippen molar-refractivity contribution in [3.05, 3.63) is 59.2 Å². The summed E-state index contributed by atoms with van der Waals surface area (Å²) in [4.78, 5) is 13.9. The zero-order valence-electron chi connectivity index (χ0n) is 14.2. The molecule has 2 aliphatic heterocycles. The van der Waals surface area contributed by atoms with Gasteiger partial charge in [-0.2, -0.15) is 5.10 Å². The van der Waals surface area contributed by atoms with Crippen LogP contribution in [0.2, 0.25) is 0 Å². The van der Waals surface area contributed by atoms with Gasteiger partial charge in [0, 0.05) is 33.9 Å². The van der Waals surface area contributed by atoms with E-state index in [-0.39, 0.29) is 28.8 Å². The summed E-state index contributed by atoms with van der Waals surface area (Å²) < 4.78 is 27.7. The third-order valence-corrected chi connectivity index (χ3v) is 7.00. The lowest BCUT2D eigenvalue weighted by Crippen LogP contribution is -2.35. The summed E-state index contributed by atoms with van der Waals surface area (Å²) in [5, 5.41) is 5.69. The fraction of sp³-hybridized carbons (Fsp3) is 0.263. The summed E-state index contributed by atoms with van der Waals surface area (Å²) in [6.07, 6.45) is 0. The first-order valence-electron chi connectivity index (χ1n) is 8.18. The van der Waals surface area contributed by atoms with Gasteiger partial charge in [-0.05, 0) is 42.8 Å². The van der Waals surface area contributed by atoms with E-state index >= 15 is 0 Å². The molecular formula is C19H16F2N2OS2. The molecule has 2 heterocycles. The lowest BCUT2D eigenvalue weighted by atomic mass is 9.98. The predicted octanol–water partition coefficient (Wildman–Crippen LogP) is 4.68. The van der Waals surface area contributed by atoms with Crippen LogP contribution in [-0.2, 0) is 4.79 Å². The summed E-state index contributed by atoms with van der Waals surface area (Å²) in [5.41, 5.74) is 2.06. The highest BCUT2D eigenvalue weighted by Crippen LogP contribution is 2.44. The van der Waals surface area contributed by atoms with Gasteiger partial charge in [0.1, 0.15) is 17.0 Å². The summed E-state index contributed by atoms with van der Waals surface area (Å²) in [6, 6.07) is 9.73. The molecule has 0 fully saturated rings. The number of fused-ring (bicyclic) bond motifs is 3. The maximum absolute atomic E-state index is 13.9. The number of carbonyl (C=O) groups excluding carboxylic acids is 1. The Balaban J connectivity index is 1.70. The standard InChI is InChI=1S/C19H16F2N2OS2/c1-10-3-5-13(8-16(10)21)26-19-15-9-25-17-6-4-12(20)7-14(17)18(15)22-23(19)11(2)24/h3-8,15,19H,9H2,1-2H3/t15-,19-/m0/s1. The van der Waals surface area contributed by atoms with Gasteiger partial charge in [0.05, 0.1) is 5.71 Å². The van der Waals surface area contributed by atoms with Gasteiger partial charge >= 0.3 is 0 Å². The van der Waals surface area contributed by atoms with Gasteiger partial charge in [-0.1, -0.05) is 17.8 Å². The molecule has 0 saturated carbocycles. The van der Waals surface area contributed by atoms with Gasteiger partial charge in [-0.3, -0.25) is 4.79 Å². The van der Waals surface area contributed by atoms with E-state index in [0.29, 0.717) is 5.56 Å². The van der Waals surface area contributed by atoms with Gasteiger partial charge in [0.2, 0.25) is 5.91 Å². The van der Waals surface area contributed by atoms with Gasteiger partial charge in [0.15, 0.2) is 0 Å². The zero-order valence-corrected chi connectivity index (χ0v) is 15.8. The Hall–Kier alpha value is -1.86. The van der Waals surface area contributed by atoms with Gasteiger partial charge in [-0.25, -0.2) is 13.8 Å². The van der Waals surface area contributed by atoms with E-state index < -0.39 is 0 Å². The lowest BCUT2D eigenvalue weighted by Gasteiger charge is -2.28. The van der Waals surface area contributed by atoms with Crippen molar-refractivity contribution in [1.82, 2.24) is 5.01 Å². The van der Waals surface area contributed by atoms with Crippen LogP contribution in [0.3, 0.4) is 0 Å². The molecule has 0 aromatic heterocycles. The van der Waals surface area contributed by atoms with E-state index in [1.807, 2.05) is 6.07 Å². The summed E-state index contributed by atoms with van der Waals surface area (Å²) in [6.45, 7) is 3.18. The molecule has 2 aromatic rings. The van der Waals surface area contributed by atoms with Crippen molar-refractivity contribution in [3.8, 4) is 0 Å². The molecule has 2 atom stereocenters. The number of amides is 1. The van der Waals surface area contributed by atoms with Crippen LogP contribution in [-0.4, -0.2) is 27.8 Å². The third-order valence-electron chi connectivity index (χ3n) is 4.51. The molecule has 0 aliphatic carbocycles. The minimum Gasteiger partial charge on any atom is -0.273 e. The largest absolute Gasteiger partial charge is 0.273 e. The first kappa shape index (κ1) is 17.5. The second-order valence-electron chi connectivity index (χ2n) is 6.33. The average molecular weight is 390 g/mol. The SMILES string of the molecule is CC(=O)N1N=C2c3cc(F)ccc3SC[C@@H]2[C@@H]1Sc1ccc(C)c(F)c1. The number of hydrogen-bond acceptors (Lipinski definition) is 4. The zero-order chi connectivity index (χ0) is 18.4. The number of rotatable bonds is 2. The number of hydrazone groups is 1. The first-order chi connectivity index (χ1) is 12.4. The van der Waals surface area contributed by atoms with Crippen molar-refractivity contribution >= 4 is 35.1 Å². The first-order valence-corrected chi connectivity index (χ1v) is 10.0. The quantitative estimate of drug-likeness (QED) is 0.746. The number of halogens is 2. The monoisotopic (exact) mass is 390 g/mol. The minimum absolute atomic E-state index is 0.0347. The van der Waals surface area contributed by atoms with Crippen molar-refractivity contribution < 1.29 is 13.6 Å². The van der Waals surface area contributed by atoms with Crippen LogP contribution in [0.1, 0.15) is 18.1 Å². The van der Waals surface area contributed by atoms with E-state index in [0.717, 1.165) is 26.8 Å². The number of nitrogens with zero attached hydrogens (tertiary/aromatic N) is 2. The molecule has 26 heavy (non-hydrogen) atoms. The van der Waals surface area contributed by atoms with Gasteiger partial charge < -0.3 is 0 Å². The Morgan fingerprint density at radius 1 is 1.27 bits per heavy atom. The van der Waals surface area contributed by atoms with E-state index in [9.17, 15) is 13.6 Å². The van der Waals surface area contributed by atoms with Crippen LogP contribution in [0.4, 0.5) is 8.78 Å². The lowest BCUT2D eigenvalue weighted by molar-refractivity contribution is -0.129. The number of carbonyl (C=O) groups is 1. The molecule has 4 rings (SSSR count). The number of hydrogen-bond donors (Lipinski definition) is 0. The molecule has 7 heteroatoms. The second kappa shape index (κ2) is 6.70. The molecule has 0 saturated heterocycles. The summed E-state index contributed by atoms with van der Waals surface area (Å²) in [5.74, 6) is -0.0620. The van der Waals surface area contributed by atoms with Crippen molar-refractivity contribution in [2.24, 2.45) is 11.0 Å². The Morgan fingerprint density at radius 3 is 2.81 bits per heavy atom. The Bertz CT molecular complexity index is 932. The molecule has 0 radical (unpaired) electrons. The van der Waals surface area contributed by atoms with Crippen LogP contribution < -0.4 is 0 Å². The molecule has 0 bridgehead atoms. The van der Waals surface area contributed by atoms with E-state index in [2.05, 4.69) is 5.10 Å². The highest BCUT2D eigenvalue weighted by Gasteiger charge is 2.43. The summed E-state index contributed by atoms with van der Waals surface area (Å²) >= 11 is 3.05. The van der Waals surface area contributed by atoms with Gasteiger partial charge in [0.25, 0.3) is 0 Å². The van der Waals surface area contributed by atoms with Crippen molar-refractivity contribution in [2.45, 2.75) is 29.0 Å². The normalized spacial score (nSPS) is 21.2. The molecule has 0 N–H and O–H groups in total. The Labute approximate surface area is 158 Å². The van der Waals surface area contributed by atoms with E-state index in [1.165, 1.54) is 41.9 Å². The molecule has 1 amide bonds. The molecular weight excluding hydrogens is 374 g/mol. The van der Waals surface area contributed by atoms with Crippen LogP contribution in [0.25, 0.3) is 0 Å². The molecule has 0 unspecified atom stereocenters. The molecule has 0 spiro atoms. The van der Waals surface area contributed by atoms with Crippen molar-refractivity contribution in [2.75, 3.05) is 5.75 Å². The van der Waals surface area contributed by atoms with E-state index in [1.54, 1.807) is 30.8 Å². The number of thioether (sulfide) groups is 2. The van der Waals surface area contributed by atoms with Crippen molar-refractivity contribution in [1.29, 1.82) is 0 Å². The maximum atomic E-state index is 13.9. The highest BCUT2D eigenvalue weighted by molar-refractivity contribution is 8.00. The van der Waals surface area contributed by atoms with Crippen LogP contribution in [0, 0.1) is 24.5 Å². The average Bonchev–Trinajstić information content (AvgIpc) is 2.97. The van der Waals surface area contributed by atoms with Crippen LogP contribution >= 0.6 is 23.5 Å².